The van der Waals surface area contributed by atoms with Gasteiger partial charge in [-0.3, -0.25) is 0 Å². The predicted molar refractivity (Wildman–Crippen MR) is 114 cm³/mol. The molecule has 1 radical (unpaired) electrons. The van der Waals surface area contributed by atoms with Crippen LogP contribution in [0.2, 0.25) is 0 Å². The number of ether oxygens (including phenoxy) is 3. The summed E-state index contributed by atoms with van der Waals surface area (Å²) in [5, 5.41) is 0. The molecule has 0 saturated carbocycles. The molecule has 147 valence electrons. The Kier molecular flexibility index (Phi) is 6.42. The molecule has 4 nitrogen and oxygen atoms in total. The van der Waals surface area contributed by atoms with Gasteiger partial charge in [-0.25, -0.2) is 0 Å². The van der Waals surface area contributed by atoms with E-state index in [4.69, 9.17) is 14.2 Å². The van der Waals surface area contributed by atoms with Crippen molar-refractivity contribution in [2.24, 2.45) is 0 Å². The van der Waals surface area contributed by atoms with Crippen LogP contribution in [0, 0.1) is 6.20 Å². The van der Waals surface area contributed by atoms with Gasteiger partial charge in [0.15, 0.2) is 6.23 Å². The van der Waals surface area contributed by atoms with Crippen molar-refractivity contribution in [3.63, 3.8) is 0 Å². The molecular weight excluding hydrogens is 350 g/mol. The normalized spacial score (nSPS) is 16.8. The van der Waals surface area contributed by atoms with E-state index < -0.39 is 0 Å². The molecule has 0 bridgehead atoms. The number of allylic oxidation sites excluding steroid dienone is 2. The fourth-order valence-electron chi connectivity index (χ4n) is 3.55. The van der Waals surface area contributed by atoms with Crippen LogP contribution in [0.3, 0.4) is 0 Å². The molecule has 3 rings (SSSR count). The van der Waals surface area contributed by atoms with Crippen molar-refractivity contribution in [1.82, 2.24) is 0 Å². The Morgan fingerprint density at radius 3 is 1.96 bits per heavy atom. The highest BCUT2D eigenvalue weighted by molar-refractivity contribution is 5.80. The van der Waals surface area contributed by atoms with E-state index in [-0.39, 0.29) is 6.23 Å². The number of rotatable bonds is 7. The first kappa shape index (κ1) is 20.0. The highest BCUT2D eigenvalue weighted by atomic mass is 16.5. The van der Waals surface area contributed by atoms with Crippen molar-refractivity contribution in [3.8, 4) is 11.5 Å². The van der Waals surface area contributed by atoms with E-state index in [1.165, 1.54) is 11.1 Å². The second-order valence-corrected chi connectivity index (χ2v) is 6.76. The van der Waals surface area contributed by atoms with E-state index in [2.05, 4.69) is 37.1 Å². The third-order valence-electron chi connectivity index (χ3n) is 5.07. The summed E-state index contributed by atoms with van der Waals surface area (Å²) < 4.78 is 16.6. The largest absolute Gasteiger partial charge is 0.497 e. The van der Waals surface area contributed by atoms with E-state index in [0.717, 1.165) is 41.2 Å². The van der Waals surface area contributed by atoms with Gasteiger partial charge in [0, 0.05) is 18.4 Å². The Morgan fingerprint density at radius 1 is 0.893 bits per heavy atom. The molecule has 1 atom stereocenters. The fourth-order valence-corrected chi connectivity index (χ4v) is 3.55. The molecule has 0 aliphatic carbocycles. The fraction of sp³-hybridized carbons (Fsp3) is 0.333. The zero-order chi connectivity index (χ0) is 20.1. The molecule has 0 N–H and O–H groups in total. The maximum Gasteiger partial charge on any atom is 0.161 e. The summed E-state index contributed by atoms with van der Waals surface area (Å²) in [7, 11) is 5.10. The molecule has 1 heterocycles. The van der Waals surface area contributed by atoms with Crippen molar-refractivity contribution >= 4 is 11.3 Å². The molecule has 0 saturated heterocycles. The molecule has 28 heavy (non-hydrogen) atoms. The highest BCUT2D eigenvalue weighted by Crippen LogP contribution is 2.38. The third kappa shape index (κ3) is 3.92. The summed E-state index contributed by atoms with van der Waals surface area (Å²) in [6.45, 7) is 4.35. The lowest BCUT2D eigenvalue weighted by Crippen LogP contribution is -2.37. The zero-order valence-electron chi connectivity index (χ0n) is 17.3. The monoisotopic (exact) mass is 378 g/mol. The smallest absolute Gasteiger partial charge is 0.161 e. The minimum atomic E-state index is -0.262. The Morgan fingerprint density at radius 2 is 1.46 bits per heavy atom. The van der Waals surface area contributed by atoms with Crippen LogP contribution < -0.4 is 14.4 Å². The number of nitrogens with zero attached hydrogens (tertiary/aromatic N) is 1. The first-order chi connectivity index (χ1) is 13.6. The van der Waals surface area contributed by atoms with Crippen LogP contribution in [0.15, 0.2) is 59.7 Å². The van der Waals surface area contributed by atoms with E-state index in [0.29, 0.717) is 0 Å². The van der Waals surface area contributed by atoms with E-state index in [1.807, 2.05) is 36.4 Å². The van der Waals surface area contributed by atoms with Gasteiger partial charge < -0.3 is 19.1 Å². The second-order valence-electron chi connectivity index (χ2n) is 6.76. The lowest BCUT2D eigenvalue weighted by Gasteiger charge is -2.37. The first-order valence-electron chi connectivity index (χ1n) is 9.57. The summed E-state index contributed by atoms with van der Waals surface area (Å²) in [6.07, 6.45) is 5.35. The molecule has 1 aliphatic rings. The topological polar surface area (TPSA) is 30.9 Å². The number of hydrogen-bond donors (Lipinski definition) is 0. The quantitative estimate of drug-likeness (QED) is 0.640. The minimum absolute atomic E-state index is 0.262. The van der Waals surface area contributed by atoms with Crippen LogP contribution in [0.5, 0.6) is 11.5 Å². The van der Waals surface area contributed by atoms with Crippen molar-refractivity contribution < 1.29 is 14.2 Å². The Balaban J connectivity index is 2.08. The molecule has 2 aromatic carbocycles. The molecule has 0 amide bonds. The van der Waals surface area contributed by atoms with E-state index >= 15 is 0 Å². The van der Waals surface area contributed by atoms with Crippen LogP contribution in [0.1, 0.15) is 32.3 Å². The average molecular weight is 378 g/mol. The summed E-state index contributed by atoms with van der Waals surface area (Å²) in [4.78, 5) is 2.08. The Labute approximate surface area is 168 Å². The molecule has 2 aromatic rings. The standard InChI is InChI=1S/C24H28NO3/c1-6-7-19-16-25(20-10-14-22(27-4)15-11-20)24(28-5)23(17(19)2)18-8-12-21(26-3)13-9-18/h8-15,24H,6-7H2,1-5H3. The minimum Gasteiger partial charge on any atom is -0.497 e. The van der Waals surface area contributed by atoms with Gasteiger partial charge in [-0.1, -0.05) is 25.5 Å². The number of methoxy groups -OCH3 is 3. The van der Waals surface area contributed by atoms with Gasteiger partial charge in [0.25, 0.3) is 0 Å². The predicted octanol–water partition coefficient (Wildman–Crippen LogP) is 5.46. The van der Waals surface area contributed by atoms with Gasteiger partial charge in [-0.2, -0.15) is 0 Å². The van der Waals surface area contributed by atoms with Crippen molar-refractivity contribution in [3.05, 3.63) is 71.4 Å². The highest BCUT2D eigenvalue weighted by Gasteiger charge is 2.30. The van der Waals surface area contributed by atoms with Gasteiger partial charge in [0.2, 0.25) is 0 Å². The van der Waals surface area contributed by atoms with Crippen LogP contribution in [-0.4, -0.2) is 27.6 Å². The van der Waals surface area contributed by atoms with E-state index in [1.54, 1.807) is 21.3 Å². The van der Waals surface area contributed by atoms with E-state index in [9.17, 15) is 0 Å². The van der Waals surface area contributed by atoms with Crippen LogP contribution in [-0.2, 0) is 4.74 Å². The lowest BCUT2D eigenvalue weighted by atomic mass is 9.89. The summed E-state index contributed by atoms with van der Waals surface area (Å²) in [5.41, 5.74) is 5.72. The van der Waals surface area contributed by atoms with Crippen molar-refractivity contribution in [1.29, 1.82) is 0 Å². The van der Waals surface area contributed by atoms with Crippen LogP contribution >= 0.6 is 0 Å². The lowest BCUT2D eigenvalue weighted by molar-refractivity contribution is 0.149. The number of anilines is 1. The molecule has 0 fully saturated rings. The van der Waals surface area contributed by atoms with Gasteiger partial charge in [0.1, 0.15) is 11.5 Å². The van der Waals surface area contributed by atoms with Crippen molar-refractivity contribution in [2.45, 2.75) is 32.9 Å². The van der Waals surface area contributed by atoms with Gasteiger partial charge in [-0.05, 0) is 66.5 Å². The molecule has 4 heteroatoms. The SMILES string of the molecule is CCCC1=[C]N(c2ccc(OC)cc2)C(OC)C(c2ccc(OC)cc2)=C1C. The molecule has 0 spiro atoms. The average Bonchev–Trinajstić information content (AvgIpc) is 2.75. The first-order valence-corrected chi connectivity index (χ1v) is 9.57. The molecular formula is C24H28NO3. The van der Waals surface area contributed by atoms with Crippen LogP contribution in [0.4, 0.5) is 5.69 Å². The van der Waals surface area contributed by atoms with Gasteiger partial charge >= 0.3 is 0 Å². The summed E-state index contributed by atoms with van der Waals surface area (Å²) >= 11 is 0. The molecule has 1 aliphatic heterocycles. The summed E-state index contributed by atoms with van der Waals surface area (Å²) in [5.74, 6) is 1.67. The maximum absolute atomic E-state index is 5.96. The summed E-state index contributed by atoms with van der Waals surface area (Å²) in [6, 6.07) is 16.1. The Bertz CT molecular complexity index is 850. The second kappa shape index (κ2) is 8.98. The molecule has 1 unspecified atom stereocenters. The van der Waals surface area contributed by atoms with Crippen molar-refractivity contribution in [2.75, 3.05) is 26.2 Å². The maximum atomic E-state index is 5.96. The zero-order valence-corrected chi connectivity index (χ0v) is 17.3. The van der Waals surface area contributed by atoms with Gasteiger partial charge in [-0.15, -0.1) is 0 Å². The Hall–Kier alpha value is -2.72. The number of benzene rings is 2. The van der Waals surface area contributed by atoms with Gasteiger partial charge in [0.05, 0.1) is 20.4 Å². The molecule has 0 aromatic heterocycles. The van der Waals surface area contributed by atoms with Crippen LogP contribution in [0.25, 0.3) is 5.57 Å². The third-order valence-corrected chi connectivity index (χ3v) is 5.07. The number of hydrogen-bond acceptors (Lipinski definition) is 4.